The molecule has 0 radical (unpaired) electrons. The fourth-order valence-corrected chi connectivity index (χ4v) is 5.32. The number of fused-ring (bicyclic) bond motifs is 2. The Morgan fingerprint density at radius 3 is 2.68 bits per heavy atom. The molecule has 0 unspecified atom stereocenters. The van der Waals surface area contributed by atoms with Gasteiger partial charge in [0.05, 0.1) is 23.2 Å². The predicted molar refractivity (Wildman–Crippen MR) is 134 cm³/mol. The molecule has 34 heavy (non-hydrogen) atoms. The first-order valence-corrected chi connectivity index (χ1v) is 12.3. The Morgan fingerprint density at radius 2 is 1.85 bits per heavy atom. The van der Waals surface area contributed by atoms with Gasteiger partial charge in [-0.05, 0) is 61.2 Å². The molecule has 0 N–H and O–H groups in total. The summed E-state index contributed by atoms with van der Waals surface area (Å²) in [5, 5.41) is 1.06. The van der Waals surface area contributed by atoms with Crippen molar-refractivity contribution in [2.45, 2.75) is 37.5 Å². The van der Waals surface area contributed by atoms with Crippen LogP contribution in [0.5, 0.6) is 0 Å². The number of rotatable bonds is 5. The van der Waals surface area contributed by atoms with Gasteiger partial charge in [0.1, 0.15) is 5.82 Å². The molecule has 5 rings (SSSR count). The SMILES string of the molecule is C[C@@H]1CCc2cc(F)ccc2N1C(=O)CSc1nc2ccccc2c(=O)n1Cc1ccccc1. The number of aromatic nitrogens is 2. The normalized spacial score (nSPS) is 15.4. The molecule has 0 bridgehead atoms. The Labute approximate surface area is 201 Å². The van der Waals surface area contributed by atoms with Crippen molar-refractivity contribution in [3.05, 3.63) is 100 Å². The Bertz CT molecular complexity index is 1420. The Hall–Kier alpha value is -3.45. The smallest absolute Gasteiger partial charge is 0.262 e. The second-order valence-electron chi connectivity index (χ2n) is 8.50. The molecule has 1 aromatic heterocycles. The summed E-state index contributed by atoms with van der Waals surface area (Å²) in [5.41, 5.74) is 3.08. The molecule has 0 spiro atoms. The van der Waals surface area contributed by atoms with Crippen molar-refractivity contribution in [2.75, 3.05) is 10.7 Å². The van der Waals surface area contributed by atoms with Gasteiger partial charge in [0, 0.05) is 11.7 Å². The fraction of sp³-hybridized carbons (Fsp3) is 0.222. The van der Waals surface area contributed by atoms with E-state index in [9.17, 15) is 14.0 Å². The molecule has 172 valence electrons. The van der Waals surface area contributed by atoms with Gasteiger partial charge in [-0.3, -0.25) is 14.2 Å². The molecule has 2 heterocycles. The van der Waals surface area contributed by atoms with E-state index in [1.165, 1.54) is 23.9 Å². The Morgan fingerprint density at radius 1 is 1.09 bits per heavy atom. The molecular formula is C27H24FN3O2S. The lowest BCUT2D eigenvalue weighted by molar-refractivity contribution is -0.116. The first-order valence-electron chi connectivity index (χ1n) is 11.3. The van der Waals surface area contributed by atoms with Crippen LogP contribution in [0.4, 0.5) is 10.1 Å². The van der Waals surface area contributed by atoms with E-state index in [4.69, 9.17) is 4.98 Å². The van der Waals surface area contributed by atoms with Crippen molar-refractivity contribution in [2.24, 2.45) is 0 Å². The van der Waals surface area contributed by atoms with Gasteiger partial charge in [0.2, 0.25) is 5.91 Å². The van der Waals surface area contributed by atoms with E-state index in [0.717, 1.165) is 29.7 Å². The number of anilines is 1. The lowest BCUT2D eigenvalue weighted by atomic mass is 9.96. The molecule has 5 nitrogen and oxygen atoms in total. The van der Waals surface area contributed by atoms with Crippen LogP contribution in [0, 0.1) is 5.82 Å². The minimum Gasteiger partial charge on any atom is -0.309 e. The summed E-state index contributed by atoms with van der Waals surface area (Å²) in [7, 11) is 0. The maximum atomic E-state index is 13.7. The van der Waals surface area contributed by atoms with Gasteiger partial charge < -0.3 is 4.90 Å². The van der Waals surface area contributed by atoms with E-state index in [1.54, 1.807) is 21.6 Å². The van der Waals surface area contributed by atoms with Gasteiger partial charge in [-0.1, -0.05) is 54.2 Å². The van der Waals surface area contributed by atoms with E-state index in [0.29, 0.717) is 22.6 Å². The summed E-state index contributed by atoms with van der Waals surface area (Å²) >= 11 is 1.26. The number of benzene rings is 3. The van der Waals surface area contributed by atoms with Crippen molar-refractivity contribution in [3.63, 3.8) is 0 Å². The molecule has 1 aliphatic heterocycles. The standard InChI is InChI=1S/C27H24FN3O2S/c1-18-11-12-20-15-21(28)13-14-24(20)31(18)25(32)17-34-27-29-23-10-6-5-9-22(23)26(33)30(27)16-19-7-3-2-4-8-19/h2-10,13-15,18H,11-12,16-17H2,1H3/t18-/m1/s1. The molecule has 0 fully saturated rings. The number of carbonyl (C=O) groups is 1. The zero-order valence-corrected chi connectivity index (χ0v) is 19.6. The summed E-state index contributed by atoms with van der Waals surface area (Å²) in [5.74, 6) is -0.250. The number of carbonyl (C=O) groups excluding carboxylic acids is 1. The van der Waals surface area contributed by atoms with Crippen molar-refractivity contribution in [3.8, 4) is 0 Å². The largest absolute Gasteiger partial charge is 0.309 e. The number of hydrogen-bond donors (Lipinski definition) is 0. The third-order valence-electron chi connectivity index (χ3n) is 6.18. The highest BCUT2D eigenvalue weighted by Crippen LogP contribution is 2.32. The number of para-hydroxylation sites is 1. The first kappa shape index (κ1) is 22.3. The first-order chi connectivity index (χ1) is 16.5. The second kappa shape index (κ2) is 9.43. The quantitative estimate of drug-likeness (QED) is 0.301. The number of nitrogens with zero attached hydrogens (tertiary/aromatic N) is 3. The lowest BCUT2D eigenvalue weighted by Gasteiger charge is -2.35. The maximum Gasteiger partial charge on any atom is 0.262 e. The zero-order chi connectivity index (χ0) is 23.7. The average molecular weight is 474 g/mol. The molecule has 0 saturated heterocycles. The van der Waals surface area contributed by atoms with Crippen LogP contribution in [-0.2, 0) is 17.8 Å². The third kappa shape index (κ3) is 4.35. The molecule has 0 saturated carbocycles. The number of hydrogen-bond acceptors (Lipinski definition) is 4. The summed E-state index contributed by atoms with van der Waals surface area (Å²) in [6.45, 7) is 2.38. The minimum atomic E-state index is -0.291. The number of amides is 1. The fourth-order valence-electron chi connectivity index (χ4n) is 4.46. The van der Waals surface area contributed by atoms with Crippen LogP contribution in [0.3, 0.4) is 0 Å². The summed E-state index contributed by atoms with van der Waals surface area (Å²) in [6, 6.07) is 21.6. The molecule has 1 aliphatic rings. The summed E-state index contributed by atoms with van der Waals surface area (Å²) in [6.07, 6.45) is 1.52. The third-order valence-corrected chi connectivity index (χ3v) is 7.14. The van der Waals surface area contributed by atoms with Crippen LogP contribution in [0.25, 0.3) is 10.9 Å². The van der Waals surface area contributed by atoms with Crippen LogP contribution >= 0.6 is 11.8 Å². The minimum absolute atomic E-state index is 0.0159. The summed E-state index contributed by atoms with van der Waals surface area (Å²) in [4.78, 5) is 33.2. The van der Waals surface area contributed by atoms with Gasteiger partial charge in [-0.25, -0.2) is 9.37 Å². The molecule has 0 aliphatic carbocycles. The van der Waals surface area contributed by atoms with E-state index in [1.807, 2.05) is 55.5 Å². The van der Waals surface area contributed by atoms with Gasteiger partial charge in [0.15, 0.2) is 5.16 Å². The summed E-state index contributed by atoms with van der Waals surface area (Å²) < 4.78 is 15.4. The molecule has 1 atom stereocenters. The van der Waals surface area contributed by atoms with Gasteiger partial charge in [-0.2, -0.15) is 0 Å². The zero-order valence-electron chi connectivity index (χ0n) is 18.8. The van der Waals surface area contributed by atoms with Crippen molar-refractivity contribution in [1.82, 2.24) is 9.55 Å². The van der Waals surface area contributed by atoms with E-state index in [-0.39, 0.29) is 29.1 Å². The van der Waals surface area contributed by atoms with Crippen LogP contribution in [0.2, 0.25) is 0 Å². The van der Waals surface area contributed by atoms with Crippen molar-refractivity contribution < 1.29 is 9.18 Å². The average Bonchev–Trinajstić information content (AvgIpc) is 2.85. The van der Waals surface area contributed by atoms with Crippen LogP contribution in [0.15, 0.2) is 82.7 Å². The lowest BCUT2D eigenvalue weighted by Crippen LogP contribution is -2.43. The van der Waals surface area contributed by atoms with Gasteiger partial charge in [-0.15, -0.1) is 0 Å². The van der Waals surface area contributed by atoms with Crippen molar-refractivity contribution in [1.29, 1.82) is 0 Å². The molecule has 3 aromatic carbocycles. The van der Waals surface area contributed by atoms with Gasteiger partial charge in [0.25, 0.3) is 5.56 Å². The number of halogens is 1. The highest BCUT2D eigenvalue weighted by Gasteiger charge is 2.28. The van der Waals surface area contributed by atoms with Crippen LogP contribution in [-0.4, -0.2) is 27.3 Å². The van der Waals surface area contributed by atoms with Crippen LogP contribution < -0.4 is 10.5 Å². The monoisotopic (exact) mass is 473 g/mol. The molecule has 7 heteroatoms. The second-order valence-corrected chi connectivity index (χ2v) is 9.44. The molecule has 4 aromatic rings. The van der Waals surface area contributed by atoms with Crippen molar-refractivity contribution >= 4 is 34.3 Å². The predicted octanol–water partition coefficient (Wildman–Crippen LogP) is 5.04. The molecular weight excluding hydrogens is 449 g/mol. The van der Waals surface area contributed by atoms with E-state index in [2.05, 4.69) is 0 Å². The van der Waals surface area contributed by atoms with Crippen LogP contribution in [0.1, 0.15) is 24.5 Å². The van der Waals surface area contributed by atoms with E-state index < -0.39 is 0 Å². The van der Waals surface area contributed by atoms with Gasteiger partial charge >= 0.3 is 0 Å². The van der Waals surface area contributed by atoms with E-state index >= 15 is 0 Å². The molecule has 1 amide bonds. The number of aryl methyl sites for hydroxylation is 1. The highest BCUT2D eigenvalue weighted by atomic mass is 32.2. The topological polar surface area (TPSA) is 55.2 Å². The Kier molecular flexibility index (Phi) is 6.20. The highest BCUT2D eigenvalue weighted by molar-refractivity contribution is 7.99. The maximum absolute atomic E-state index is 13.7. The number of thioether (sulfide) groups is 1. The Balaban J connectivity index is 1.46.